The smallest absolute Gasteiger partial charge is 0.387 e. The molecule has 0 N–H and O–H groups in total. The van der Waals surface area contributed by atoms with Crippen LogP contribution in [0.4, 0.5) is 14.5 Å². The molecule has 7 nitrogen and oxygen atoms in total. The van der Waals surface area contributed by atoms with Crippen molar-refractivity contribution in [2.75, 3.05) is 18.0 Å². The monoisotopic (exact) mass is 556 g/mol. The molecule has 41 heavy (non-hydrogen) atoms. The van der Waals surface area contributed by atoms with E-state index < -0.39 is 6.61 Å². The molecule has 9 heteroatoms. The molecule has 4 heterocycles. The van der Waals surface area contributed by atoms with E-state index in [2.05, 4.69) is 32.2 Å². The first-order valence-electron chi connectivity index (χ1n) is 14.1. The van der Waals surface area contributed by atoms with Crippen LogP contribution in [0.2, 0.25) is 0 Å². The lowest BCUT2D eigenvalue weighted by molar-refractivity contribution is -0.0488. The zero-order valence-electron chi connectivity index (χ0n) is 23.0. The van der Waals surface area contributed by atoms with Gasteiger partial charge in [-0.3, -0.25) is 9.78 Å². The largest absolute Gasteiger partial charge is 0.434 e. The molecular formula is C32H30F2N4O3. The van der Waals surface area contributed by atoms with Crippen molar-refractivity contribution in [2.45, 2.75) is 58.5 Å². The van der Waals surface area contributed by atoms with Crippen molar-refractivity contribution in [2.24, 2.45) is 5.41 Å². The molecule has 3 aliphatic rings. The third-order valence-electron chi connectivity index (χ3n) is 8.73. The fourth-order valence-electron chi connectivity index (χ4n) is 6.32. The number of aryl methyl sites for hydroxylation is 1. The average Bonchev–Trinajstić information content (AvgIpc) is 3.70. The Hall–Kier alpha value is -4.14. The molecule has 0 radical (unpaired) electrons. The summed E-state index contributed by atoms with van der Waals surface area (Å²) in [5.41, 5.74) is 6.95. The molecular weight excluding hydrogens is 526 g/mol. The van der Waals surface area contributed by atoms with Gasteiger partial charge in [0.2, 0.25) is 0 Å². The second-order valence-electron chi connectivity index (χ2n) is 11.5. The van der Waals surface area contributed by atoms with Crippen LogP contribution in [0, 0.1) is 12.3 Å². The maximum atomic E-state index is 13.2. The number of aromatic nitrogens is 3. The minimum atomic E-state index is -2.99. The molecule has 0 unspecified atom stereocenters. The molecule has 3 aromatic heterocycles. The number of Topliss-reactive ketones (excluding diaryl/α,β-unsaturated/α-hetero) is 1. The summed E-state index contributed by atoms with van der Waals surface area (Å²) in [6.07, 6.45) is 9.47. The summed E-state index contributed by atoms with van der Waals surface area (Å²) in [6, 6.07) is 10.9. The van der Waals surface area contributed by atoms with E-state index in [9.17, 15) is 13.6 Å². The van der Waals surface area contributed by atoms with Crippen molar-refractivity contribution in [1.29, 1.82) is 0 Å². The Morgan fingerprint density at radius 1 is 1.17 bits per heavy atom. The Labute approximate surface area is 236 Å². The van der Waals surface area contributed by atoms with Crippen molar-refractivity contribution in [3.63, 3.8) is 0 Å². The number of hydrogen-bond donors (Lipinski definition) is 0. The SMILES string of the molecule is CC(=O)c1cc(OC(F)F)c2cc(N3CCC4(C=C(c5c(-c6cccnc6C)noc5C5CC5)C4)CC3)ccc2n1. The van der Waals surface area contributed by atoms with E-state index in [-0.39, 0.29) is 22.6 Å². The Balaban J connectivity index is 1.13. The zero-order chi connectivity index (χ0) is 28.3. The zero-order valence-corrected chi connectivity index (χ0v) is 23.0. The molecule has 0 atom stereocenters. The molecule has 210 valence electrons. The van der Waals surface area contributed by atoms with Gasteiger partial charge < -0.3 is 14.2 Å². The first-order valence-corrected chi connectivity index (χ1v) is 14.1. The van der Waals surface area contributed by atoms with Crippen LogP contribution in [0.25, 0.3) is 27.7 Å². The maximum Gasteiger partial charge on any atom is 0.387 e. The van der Waals surface area contributed by atoms with Gasteiger partial charge in [0.25, 0.3) is 0 Å². The predicted octanol–water partition coefficient (Wildman–Crippen LogP) is 7.35. The Kier molecular flexibility index (Phi) is 6.14. The Morgan fingerprint density at radius 2 is 1.95 bits per heavy atom. The molecule has 0 amide bonds. The van der Waals surface area contributed by atoms with Gasteiger partial charge in [0, 0.05) is 66.1 Å². The molecule has 4 aromatic rings. The van der Waals surface area contributed by atoms with E-state index in [0.29, 0.717) is 16.8 Å². The van der Waals surface area contributed by atoms with Gasteiger partial charge in [-0.2, -0.15) is 8.78 Å². The number of allylic oxidation sites excluding steroid dienone is 2. The molecule has 7 rings (SSSR count). The van der Waals surface area contributed by atoms with Crippen LogP contribution in [0.3, 0.4) is 0 Å². The van der Waals surface area contributed by atoms with E-state index in [0.717, 1.165) is 79.2 Å². The first-order chi connectivity index (χ1) is 19.8. The van der Waals surface area contributed by atoms with Gasteiger partial charge in [0.05, 0.1) is 5.52 Å². The first kappa shape index (κ1) is 25.8. The average molecular weight is 557 g/mol. The number of pyridine rings is 2. The van der Waals surface area contributed by atoms with E-state index in [1.165, 1.54) is 18.6 Å². The van der Waals surface area contributed by atoms with Crippen molar-refractivity contribution < 1.29 is 22.8 Å². The molecule has 1 saturated carbocycles. The topological polar surface area (TPSA) is 81.4 Å². The van der Waals surface area contributed by atoms with Gasteiger partial charge in [-0.15, -0.1) is 0 Å². The molecule has 1 aliphatic heterocycles. The van der Waals surface area contributed by atoms with Gasteiger partial charge in [0.15, 0.2) is 5.78 Å². The molecule has 2 aliphatic carbocycles. The van der Waals surface area contributed by atoms with Gasteiger partial charge in [0.1, 0.15) is 22.9 Å². The van der Waals surface area contributed by atoms with Crippen LogP contribution in [0.5, 0.6) is 5.75 Å². The molecule has 1 spiro atoms. The van der Waals surface area contributed by atoms with Gasteiger partial charge >= 0.3 is 6.61 Å². The summed E-state index contributed by atoms with van der Waals surface area (Å²) in [4.78, 5) is 23.0. The van der Waals surface area contributed by atoms with Crippen molar-refractivity contribution >= 4 is 27.9 Å². The number of anilines is 1. The van der Waals surface area contributed by atoms with Crippen molar-refractivity contribution in [3.05, 3.63) is 71.4 Å². The molecule has 0 bridgehead atoms. The number of nitrogens with zero attached hydrogens (tertiary/aromatic N) is 4. The summed E-state index contributed by atoms with van der Waals surface area (Å²) in [5.74, 6) is 1.14. The lowest BCUT2D eigenvalue weighted by Gasteiger charge is -2.47. The fourth-order valence-corrected chi connectivity index (χ4v) is 6.32. The number of piperidine rings is 1. The number of alkyl halides is 2. The lowest BCUT2D eigenvalue weighted by atomic mass is 9.63. The minimum absolute atomic E-state index is 0.0306. The number of ketones is 1. The molecule has 2 fully saturated rings. The summed E-state index contributed by atoms with van der Waals surface area (Å²) in [7, 11) is 0. The number of carbonyl (C=O) groups excluding carboxylic acids is 1. The number of benzene rings is 1. The van der Waals surface area contributed by atoms with Gasteiger partial charge in [-0.05, 0) is 80.3 Å². The number of hydrogen-bond acceptors (Lipinski definition) is 7. The van der Waals surface area contributed by atoms with Crippen LogP contribution in [-0.4, -0.2) is 40.6 Å². The van der Waals surface area contributed by atoms with Crippen molar-refractivity contribution in [1.82, 2.24) is 15.1 Å². The summed E-state index contributed by atoms with van der Waals surface area (Å²) < 4.78 is 37.0. The van der Waals surface area contributed by atoms with Crippen LogP contribution in [0.15, 0.2) is 53.2 Å². The number of halogens is 2. The molecule has 1 saturated heterocycles. The van der Waals surface area contributed by atoms with Crippen LogP contribution in [-0.2, 0) is 0 Å². The second-order valence-corrected chi connectivity index (χ2v) is 11.5. The molecule has 1 aromatic carbocycles. The number of fused-ring (bicyclic) bond motifs is 1. The minimum Gasteiger partial charge on any atom is -0.434 e. The highest BCUT2D eigenvalue weighted by Crippen LogP contribution is 2.55. The highest BCUT2D eigenvalue weighted by atomic mass is 19.3. The van der Waals surface area contributed by atoms with E-state index >= 15 is 0 Å². The van der Waals surface area contributed by atoms with Gasteiger partial charge in [-0.1, -0.05) is 11.2 Å². The van der Waals surface area contributed by atoms with E-state index in [4.69, 9.17) is 9.26 Å². The third kappa shape index (κ3) is 4.67. The summed E-state index contributed by atoms with van der Waals surface area (Å²) in [5, 5.41) is 4.99. The van der Waals surface area contributed by atoms with Crippen molar-refractivity contribution in [3.8, 4) is 17.0 Å². The van der Waals surface area contributed by atoms with Crippen LogP contribution < -0.4 is 9.64 Å². The summed E-state index contributed by atoms with van der Waals surface area (Å²) in [6.45, 7) is 2.05. The normalized spacial score (nSPS) is 18.1. The van der Waals surface area contributed by atoms with E-state index in [1.807, 2.05) is 25.1 Å². The maximum absolute atomic E-state index is 13.2. The Morgan fingerprint density at radius 3 is 2.63 bits per heavy atom. The Bertz CT molecular complexity index is 1700. The number of carbonyl (C=O) groups is 1. The van der Waals surface area contributed by atoms with E-state index in [1.54, 1.807) is 12.3 Å². The highest BCUT2D eigenvalue weighted by Gasteiger charge is 2.44. The van der Waals surface area contributed by atoms with Crippen LogP contribution in [0.1, 0.15) is 72.5 Å². The lowest BCUT2D eigenvalue weighted by Crippen LogP contribution is -2.42. The standard InChI is InChI=1S/C32H30F2N4O3/c1-18-23(4-3-11-35-18)29-28(30(41-37-29)20-5-6-20)21-16-32(17-21)9-12-38(13-10-32)22-7-8-25-24(14-22)27(40-31(33)34)15-26(36-25)19(2)39/h3-4,7-8,11,14-16,20,31H,5-6,9-10,12-13,17H2,1-2H3. The summed E-state index contributed by atoms with van der Waals surface area (Å²) >= 11 is 0. The predicted molar refractivity (Wildman–Crippen MR) is 151 cm³/mol. The highest BCUT2D eigenvalue weighted by molar-refractivity contribution is 5.97. The second kappa shape index (κ2) is 9.75. The quantitative estimate of drug-likeness (QED) is 0.220. The number of ether oxygens (including phenoxy) is 1. The third-order valence-corrected chi connectivity index (χ3v) is 8.73. The number of rotatable bonds is 7. The van der Waals surface area contributed by atoms with Gasteiger partial charge in [-0.25, -0.2) is 4.98 Å². The fraction of sp³-hybridized carbons (Fsp3) is 0.375. The van der Waals surface area contributed by atoms with Crippen LogP contribution >= 0.6 is 0 Å².